The summed E-state index contributed by atoms with van der Waals surface area (Å²) in [6, 6.07) is 12.7. The number of nitrogens with zero attached hydrogens (tertiary/aromatic N) is 2. The van der Waals surface area contributed by atoms with E-state index in [2.05, 4.69) is 15.1 Å². The molecule has 3 rings (SSSR count). The summed E-state index contributed by atoms with van der Waals surface area (Å²) in [5.74, 6) is -0.844. The highest BCUT2D eigenvalue weighted by molar-refractivity contribution is 5.96. The number of nitrogens with two attached hydrogens (primary N) is 1. The van der Waals surface area contributed by atoms with E-state index in [-0.39, 0.29) is 17.8 Å². The molecule has 1 aliphatic heterocycles. The second kappa shape index (κ2) is 8.18. The highest BCUT2D eigenvalue weighted by Crippen LogP contribution is 2.18. The largest absolute Gasteiger partial charge is 0.369 e. The third-order valence-electron chi connectivity index (χ3n) is 4.87. The normalized spacial score (nSPS) is 16.0. The number of benzene rings is 2. The lowest BCUT2D eigenvalue weighted by Gasteiger charge is -2.38. The van der Waals surface area contributed by atoms with Gasteiger partial charge in [0.1, 0.15) is 5.82 Å². The molecule has 2 amide bonds. The molecule has 27 heavy (non-hydrogen) atoms. The first-order valence-corrected chi connectivity index (χ1v) is 8.89. The summed E-state index contributed by atoms with van der Waals surface area (Å²) < 4.78 is 13.1. The van der Waals surface area contributed by atoms with Crippen LogP contribution in [0.4, 0.5) is 15.8 Å². The molecule has 0 aromatic heterocycles. The third-order valence-corrected chi connectivity index (χ3v) is 4.87. The van der Waals surface area contributed by atoms with Gasteiger partial charge in [-0.2, -0.15) is 0 Å². The maximum absolute atomic E-state index is 13.1. The van der Waals surface area contributed by atoms with Gasteiger partial charge >= 0.3 is 0 Å². The Morgan fingerprint density at radius 3 is 2.15 bits per heavy atom. The van der Waals surface area contributed by atoms with Crippen LogP contribution in [0, 0.1) is 5.82 Å². The van der Waals surface area contributed by atoms with Gasteiger partial charge in [0.05, 0.1) is 6.04 Å². The molecule has 2 aromatic rings. The summed E-state index contributed by atoms with van der Waals surface area (Å²) in [7, 11) is 0. The smallest absolute Gasteiger partial charge is 0.248 e. The lowest BCUT2D eigenvalue weighted by atomic mass is 10.1. The van der Waals surface area contributed by atoms with E-state index in [4.69, 9.17) is 5.73 Å². The molecule has 1 unspecified atom stereocenters. The number of rotatable bonds is 5. The monoisotopic (exact) mass is 370 g/mol. The van der Waals surface area contributed by atoms with Gasteiger partial charge in [0.15, 0.2) is 0 Å². The summed E-state index contributed by atoms with van der Waals surface area (Å²) in [6.45, 7) is 4.91. The number of hydrogen-bond donors (Lipinski definition) is 2. The van der Waals surface area contributed by atoms with Crippen molar-refractivity contribution in [1.29, 1.82) is 0 Å². The Bertz CT molecular complexity index is 800. The minimum atomic E-state index is -0.500. The number of piperazine rings is 1. The topological polar surface area (TPSA) is 78.7 Å². The van der Waals surface area contributed by atoms with Crippen molar-refractivity contribution in [3.63, 3.8) is 0 Å². The Morgan fingerprint density at radius 2 is 1.59 bits per heavy atom. The second-order valence-electron chi connectivity index (χ2n) is 6.61. The molecule has 3 N–H and O–H groups in total. The van der Waals surface area contributed by atoms with E-state index in [1.165, 1.54) is 12.1 Å². The number of anilines is 2. The van der Waals surface area contributed by atoms with Crippen LogP contribution in [-0.2, 0) is 4.79 Å². The fraction of sp³-hybridized carbons (Fsp3) is 0.300. The van der Waals surface area contributed by atoms with Gasteiger partial charge in [0.25, 0.3) is 0 Å². The SMILES string of the molecule is CC(C(=O)Nc1ccc(C(N)=O)cc1)N1CCN(c2ccc(F)cc2)CC1. The van der Waals surface area contributed by atoms with Crippen LogP contribution < -0.4 is 16.0 Å². The van der Waals surface area contributed by atoms with Gasteiger partial charge in [-0.3, -0.25) is 14.5 Å². The molecule has 6 nitrogen and oxygen atoms in total. The zero-order valence-electron chi connectivity index (χ0n) is 15.2. The Kier molecular flexibility index (Phi) is 5.71. The van der Waals surface area contributed by atoms with E-state index in [0.29, 0.717) is 11.3 Å². The Labute approximate surface area is 157 Å². The number of carbonyl (C=O) groups excluding carboxylic acids is 2. The van der Waals surface area contributed by atoms with Gasteiger partial charge in [-0.05, 0) is 55.5 Å². The van der Waals surface area contributed by atoms with Crippen molar-refractivity contribution < 1.29 is 14.0 Å². The zero-order valence-corrected chi connectivity index (χ0v) is 15.2. The lowest BCUT2D eigenvalue weighted by Crippen LogP contribution is -2.52. The molecule has 0 spiro atoms. The Hall–Kier alpha value is -2.93. The molecular formula is C20H23FN4O2. The van der Waals surface area contributed by atoms with Gasteiger partial charge in [0, 0.05) is 43.1 Å². The van der Waals surface area contributed by atoms with Crippen LogP contribution in [-0.4, -0.2) is 48.9 Å². The van der Waals surface area contributed by atoms with Crippen molar-refractivity contribution in [1.82, 2.24) is 4.90 Å². The molecular weight excluding hydrogens is 347 g/mol. The molecule has 0 aliphatic carbocycles. The molecule has 1 atom stereocenters. The molecule has 1 fully saturated rings. The van der Waals surface area contributed by atoms with Gasteiger partial charge in [-0.1, -0.05) is 0 Å². The van der Waals surface area contributed by atoms with Crippen molar-refractivity contribution in [2.45, 2.75) is 13.0 Å². The van der Waals surface area contributed by atoms with Crippen LogP contribution >= 0.6 is 0 Å². The molecule has 0 saturated carbocycles. The zero-order chi connectivity index (χ0) is 19.4. The van der Waals surface area contributed by atoms with Crippen LogP contribution in [0.2, 0.25) is 0 Å². The lowest BCUT2D eigenvalue weighted by molar-refractivity contribution is -0.120. The van der Waals surface area contributed by atoms with Crippen molar-refractivity contribution >= 4 is 23.2 Å². The molecule has 0 bridgehead atoms. The highest BCUT2D eigenvalue weighted by Gasteiger charge is 2.25. The first-order chi connectivity index (χ1) is 12.9. The van der Waals surface area contributed by atoms with Gasteiger partial charge in [-0.25, -0.2) is 4.39 Å². The summed E-state index contributed by atoms with van der Waals surface area (Å²) in [4.78, 5) is 27.9. The molecule has 7 heteroatoms. The predicted octanol–water partition coefficient (Wildman–Crippen LogP) is 2.07. The third kappa shape index (κ3) is 4.62. The molecule has 1 aliphatic rings. The highest BCUT2D eigenvalue weighted by atomic mass is 19.1. The van der Waals surface area contributed by atoms with Crippen molar-refractivity contribution in [2.75, 3.05) is 36.4 Å². The first kappa shape index (κ1) is 18.8. The van der Waals surface area contributed by atoms with Crippen LogP contribution in [0.1, 0.15) is 17.3 Å². The van der Waals surface area contributed by atoms with E-state index in [1.54, 1.807) is 36.4 Å². The van der Waals surface area contributed by atoms with Crippen molar-refractivity contribution in [3.8, 4) is 0 Å². The standard InChI is InChI=1S/C20H23FN4O2/c1-14(20(27)23-17-6-2-15(3-7-17)19(22)26)24-10-12-25(13-11-24)18-8-4-16(21)5-9-18/h2-9,14H,10-13H2,1H3,(H2,22,26)(H,23,27). The maximum atomic E-state index is 13.1. The van der Waals surface area contributed by atoms with Crippen LogP contribution in [0.3, 0.4) is 0 Å². The number of hydrogen-bond acceptors (Lipinski definition) is 4. The number of carbonyl (C=O) groups is 2. The van der Waals surface area contributed by atoms with E-state index in [9.17, 15) is 14.0 Å². The molecule has 1 heterocycles. The number of halogens is 1. The van der Waals surface area contributed by atoms with Gasteiger partial charge in [-0.15, -0.1) is 0 Å². The Balaban J connectivity index is 1.53. The predicted molar refractivity (Wildman–Crippen MR) is 103 cm³/mol. The van der Waals surface area contributed by atoms with E-state index >= 15 is 0 Å². The summed E-state index contributed by atoms with van der Waals surface area (Å²) >= 11 is 0. The minimum Gasteiger partial charge on any atom is -0.369 e. The number of amides is 2. The summed E-state index contributed by atoms with van der Waals surface area (Å²) in [6.07, 6.45) is 0. The van der Waals surface area contributed by atoms with Gasteiger partial charge < -0.3 is 16.0 Å². The van der Waals surface area contributed by atoms with E-state index in [0.717, 1.165) is 31.9 Å². The first-order valence-electron chi connectivity index (χ1n) is 8.89. The van der Waals surface area contributed by atoms with E-state index < -0.39 is 5.91 Å². The van der Waals surface area contributed by atoms with Crippen LogP contribution in [0.15, 0.2) is 48.5 Å². The molecule has 142 valence electrons. The summed E-state index contributed by atoms with van der Waals surface area (Å²) in [5.41, 5.74) is 7.23. The average molecular weight is 370 g/mol. The average Bonchev–Trinajstić information content (AvgIpc) is 2.68. The van der Waals surface area contributed by atoms with Crippen molar-refractivity contribution in [3.05, 3.63) is 59.9 Å². The van der Waals surface area contributed by atoms with E-state index in [1.807, 2.05) is 6.92 Å². The number of nitrogens with one attached hydrogen (secondary N) is 1. The fourth-order valence-corrected chi connectivity index (χ4v) is 3.15. The fourth-order valence-electron chi connectivity index (χ4n) is 3.15. The van der Waals surface area contributed by atoms with Gasteiger partial charge in [0.2, 0.25) is 11.8 Å². The van der Waals surface area contributed by atoms with Crippen molar-refractivity contribution in [2.24, 2.45) is 5.73 Å². The molecule has 0 radical (unpaired) electrons. The van der Waals surface area contributed by atoms with Crippen LogP contribution in [0.5, 0.6) is 0 Å². The maximum Gasteiger partial charge on any atom is 0.248 e. The number of primary amides is 1. The summed E-state index contributed by atoms with van der Waals surface area (Å²) in [5, 5.41) is 2.87. The molecule has 1 saturated heterocycles. The van der Waals surface area contributed by atoms with Crippen LogP contribution in [0.25, 0.3) is 0 Å². The Morgan fingerprint density at radius 1 is 1.00 bits per heavy atom. The minimum absolute atomic E-state index is 0.0999. The quantitative estimate of drug-likeness (QED) is 0.845. The second-order valence-corrected chi connectivity index (χ2v) is 6.61. The molecule has 2 aromatic carbocycles.